The fourth-order valence-corrected chi connectivity index (χ4v) is 4.21. The molecule has 0 unspecified atom stereocenters. The molecule has 3 nitrogen and oxygen atoms in total. The van der Waals surface area contributed by atoms with Crippen molar-refractivity contribution in [2.24, 2.45) is 0 Å². The molecule has 0 radical (unpaired) electrons. The van der Waals surface area contributed by atoms with Crippen LogP contribution in [0, 0.1) is 5.82 Å². The number of nitrogens with one attached hydrogen (secondary N) is 1. The molecule has 2 aromatic carbocycles. The van der Waals surface area contributed by atoms with E-state index in [1.165, 1.54) is 49.8 Å². The summed E-state index contributed by atoms with van der Waals surface area (Å²) in [4.78, 5) is 2.49. The van der Waals surface area contributed by atoms with E-state index >= 15 is 0 Å². The molecule has 0 aromatic heterocycles. The van der Waals surface area contributed by atoms with Gasteiger partial charge in [-0.15, -0.1) is 0 Å². The van der Waals surface area contributed by atoms with E-state index in [0.717, 1.165) is 29.1 Å². The van der Waals surface area contributed by atoms with Crippen molar-refractivity contribution < 1.29 is 9.13 Å². The molecule has 152 valence electrons. The van der Waals surface area contributed by atoms with Crippen LogP contribution in [0.1, 0.15) is 43.2 Å². The van der Waals surface area contributed by atoms with Gasteiger partial charge in [0.1, 0.15) is 18.2 Å². The summed E-state index contributed by atoms with van der Waals surface area (Å²) in [6.45, 7) is 5.54. The van der Waals surface area contributed by atoms with Crippen LogP contribution in [0.5, 0.6) is 5.75 Å². The summed E-state index contributed by atoms with van der Waals surface area (Å²) < 4.78 is 19.2. The minimum Gasteiger partial charge on any atom is -0.488 e. The van der Waals surface area contributed by atoms with Crippen molar-refractivity contribution in [2.75, 3.05) is 19.0 Å². The number of halogens is 1. The topological polar surface area (TPSA) is 24.5 Å². The Morgan fingerprint density at radius 3 is 2.66 bits per heavy atom. The molecule has 0 bridgehead atoms. The molecule has 0 atom stereocenters. The molecule has 2 aromatic rings. The second-order valence-electron chi connectivity index (χ2n) is 8.15. The van der Waals surface area contributed by atoms with Gasteiger partial charge in [0.05, 0.1) is 0 Å². The lowest BCUT2D eigenvalue weighted by Gasteiger charge is -2.31. The summed E-state index contributed by atoms with van der Waals surface area (Å²) in [5, 5.41) is 3.35. The van der Waals surface area contributed by atoms with Crippen LogP contribution in [0.2, 0.25) is 0 Å². The van der Waals surface area contributed by atoms with Gasteiger partial charge in [-0.1, -0.05) is 38.0 Å². The number of hydrogen-bond donors (Lipinski definition) is 1. The SMILES string of the molecule is C=C(Nc1ccc(CN(C)C2CCCCC2)cc1)C1=Cc2cc(F)ccc2OC1. The van der Waals surface area contributed by atoms with Gasteiger partial charge in [-0.3, -0.25) is 4.90 Å². The Hall–Kier alpha value is -2.59. The first-order valence-corrected chi connectivity index (χ1v) is 10.5. The predicted octanol–water partition coefficient (Wildman–Crippen LogP) is 5.99. The van der Waals surface area contributed by atoms with Crippen molar-refractivity contribution in [2.45, 2.75) is 44.7 Å². The number of fused-ring (bicyclic) bond motifs is 1. The van der Waals surface area contributed by atoms with Gasteiger partial charge in [0.2, 0.25) is 0 Å². The van der Waals surface area contributed by atoms with Gasteiger partial charge in [-0.05, 0) is 61.9 Å². The highest BCUT2D eigenvalue weighted by Crippen LogP contribution is 2.30. The quantitative estimate of drug-likeness (QED) is 0.653. The van der Waals surface area contributed by atoms with Crippen molar-refractivity contribution >= 4 is 11.8 Å². The van der Waals surface area contributed by atoms with E-state index in [1.54, 1.807) is 6.07 Å². The van der Waals surface area contributed by atoms with E-state index in [0.29, 0.717) is 18.4 Å². The van der Waals surface area contributed by atoms with Crippen molar-refractivity contribution in [1.82, 2.24) is 4.90 Å². The Balaban J connectivity index is 1.36. The lowest BCUT2D eigenvalue weighted by molar-refractivity contribution is 0.184. The zero-order valence-corrected chi connectivity index (χ0v) is 17.1. The molecule has 1 N–H and O–H groups in total. The van der Waals surface area contributed by atoms with E-state index in [4.69, 9.17) is 4.74 Å². The molecule has 1 saturated carbocycles. The summed E-state index contributed by atoms with van der Waals surface area (Å²) in [7, 11) is 2.24. The van der Waals surface area contributed by atoms with E-state index in [2.05, 4.69) is 48.1 Å². The molecule has 2 aliphatic rings. The summed E-state index contributed by atoms with van der Waals surface area (Å²) in [6, 6.07) is 13.8. The average molecular weight is 393 g/mol. The summed E-state index contributed by atoms with van der Waals surface area (Å²) >= 11 is 0. The molecule has 4 rings (SSSR count). The monoisotopic (exact) mass is 392 g/mol. The maximum Gasteiger partial charge on any atom is 0.127 e. The minimum atomic E-state index is -0.266. The molecule has 1 aliphatic carbocycles. The van der Waals surface area contributed by atoms with E-state index in [1.807, 2.05) is 6.08 Å². The van der Waals surface area contributed by atoms with Crippen LogP contribution in [-0.2, 0) is 6.54 Å². The van der Waals surface area contributed by atoms with Crippen LogP contribution < -0.4 is 10.1 Å². The predicted molar refractivity (Wildman–Crippen MR) is 117 cm³/mol. The highest BCUT2D eigenvalue weighted by atomic mass is 19.1. The highest BCUT2D eigenvalue weighted by Gasteiger charge is 2.18. The van der Waals surface area contributed by atoms with Crippen LogP contribution in [0.4, 0.5) is 10.1 Å². The summed E-state index contributed by atoms with van der Waals surface area (Å²) in [5.74, 6) is 0.437. The van der Waals surface area contributed by atoms with Gasteiger partial charge in [-0.2, -0.15) is 0 Å². The maximum absolute atomic E-state index is 13.5. The number of nitrogens with zero attached hydrogens (tertiary/aromatic N) is 1. The lowest BCUT2D eigenvalue weighted by Crippen LogP contribution is -2.32. The van der Waals surface area contributed by atoms with Crippen LogP contribution in [-0.4, -0.2) is 24.6 Å². The van der Waals surface area contributed by atoms with Gasteiger partial charge in [0.15, 0.2) is 0 Å². The van der Waals surface area contributed by atoms with Gasteiger partial charge in [0.25, 0.3) is 0 Å². The molecular weight excluding hydrogens is 363 g/mol. The van der Waals surface area contributed by atoms with E-state index < -0.39 is 0 Å². The van der Waals surface area contributed by atoms with Crippen molar-refractivity contribution in [1.29, 1.82) is 0 Å². The zero-order chi connectivity index (χ0) is 20.2. The number of benzene rings is 2. The highest BCUT2D eigenvalue weighted by molar-refractivity contribution is 5.68. The van der Waals surface area contributed by atoms with Gasteiger partial charge in [0, 0.05) is 35.1 Å². The fraction of sp³-hybridized carbons (Fsp3) is 0.360. The average Bonchev–Trinajstić information content (AvgIpc) is 2.75. The first-order chi connectivity index (χ1) is 14.1. The Morgan fingerprint density at radius 1 is 1.14 bits per heavy atom. The molecule has 29 heavy (non-hydrogen) atoms. The van der Waals surface area contributed by atoms with Gasteiger partial charge < -0.3 is 10.1 Å². The summed E-state index contributed by atoms with van der Waals surface area (Å²) in [5.41, 5.74) is 4.75. The van der Waals surface area contributed by atoms with Crippen molar-refractivity contribution in [3.05, 3.63) is 77.3 Å². The molecule has 1 aliphatic heterocycles. The third kappa shape index (κ3) is 4.88. The fourth-order valence-electron chi connectivity index (χ4n) is 4.21. The van der Waals surface area contributed by atoms with E-state index in [9.17, 15) is 4.39 Å². The molecule has 0 spiro atoms. The second-order valence-corrected chi connectivity index (χ2v) is 8.15. The number of rotatable bonds is 6. The Kier molecular flexibility index (Phi) is 6.00. The largest absolute Gasteiger partial charge is 0.488 e. The Labute approximate surface area is 172 Å². The Morgan fingerprint density at radius 2 is 1.90 bits per heavy atom. The van der Waals surface area contributed by atoms with Crippen LogP contribution in [0.25, 0.3) is 6.08 Å². The number of ether oxygens (including phenoxy) is 1. The molecule has 0 amide bonds. The third-order valence-corrected chi connectivity index (χ3v) is 5.95. The van der Waals surface area contributed by atoms with Crippen LogP contribution in [0.15, 0.2) is 60.3 Å². The van der Waals surface area contributed by atoms with Crippen molar-refractivity contribution in [3.63, 3.8) is 0 Å². The first-order valence-electron chi connectivity index (χ1n) is 10.5. The van der Waals surface area contributed by atoms with Crippen LogP contribution >= 0.6 is 0 Å². The van der Waals surface area contributed by atoms with E-state index in [-0.39, 0.29) is 5.82 Å². The maximum atomic E-state index is 13.5. The Bertz CT molecular complexity index is 898. The first kappa shape index (κ1) is 19.7. The second kappa shape index (κ2) is 8.83. The minimum absolute atomic E-state index is 0.266. The molecule has 1 fully saturated rings. The zero-order valence-electron chi connectivity index (χ0n) is 17.1. The summed E-state index contributed by atoms with van der Waals surface area (Å²) in [6.07, 6.45) is 8.68. The van der Waals surface area contributed by atoms with Crippen LogP contribution in [0.3, 0.4) is 0 Å². The normalized spacial score (nSPS) is 16.7. The van der Waals surface area contributed by atoms with Gasteiger partial charge >= 0.3 is 0 Å². The lowest BCUT2D eigenvalue weighted by atomic mass is 9.94. The molecular formula is C25H29FN2O. The molecule has 0 saturated heterocycles. The number of hydrogen-bond acceptors (Lipinski definition) is 3. The standard InChI is InChI=1S/C25H29FN2O/c1-18(21-14-20-15-22(26)10-13-25(20)29-17-21)27-23-11-8-19(9-12-23)16-28(2)24-6-4-3-5-7-24/h8-15,24,27H,1,3-7,16-17H2,2H3. The van der Waals surface area contributed by atoms with Gasteiger partial charge in [-0.25, -0.2) is 4.39 Å². The molecule has 4 heteroatoms. The molecule has 1 heterocycles. The third-order valence-electron chi connectivity index (χ3n) is 5.95. The number of anilines is 1. The smallest absolute Gasteiger partial charge is 0.127 e. The van der Waals surface area contributed by atoms with Crippen molar-refractivity contribution in [3.8, 4) is 5.75 Å².